The first-order valence-electron chi connectivity index (χ1n) is 8.97. The number of anilines is 2. The standard InChI is InChI=1S/C18H28N6/c1-14(2)18-20-15(3)11-17(22-18)21-16-12-19-24(13-16)10-9-23-7-5-4-6-8-23/h11-14H,4-10H2,1-3H3,(H,20,21,22). The van der Waals surface area contributed by atoms with Crippen LogP contribution in [0.15, 0.2) is 18.5 Å². The Morgan fingerprint density at radius 3 is 2.67 bits per heavy atom. The van der Waals surface area contributed by atoms with E-state index >= 15 is 0 Å². The fourth-order valence-corrected chi connectivity index (χ4v) is 3.04. The molecule has 6 heteroatoms. The first kappa shape index (κ1) is 16.9. The fraction of sp³-hybridized carbons (Fsp3) is 0.611. The summed E-state index contributed by atoms with van der Waals surface area (Å²) in [5, 5.41) is 7.81. The van der Waals surface area contributed by atoms with Gasteiger partial charge in [0.2, 0.25) is 0 Å². The molecule has 0 spiro atoms. The summed E-state index contributed by atoms with van der Waals surface area (Å²) in [4.78, 5) is 11.6. The van der Waals surface area contributed by atoms with Gasteiger partial charge in [-0.1, -0.05) is 20.3 Å². The van der Waals surface area contributed by atoms with E-state index in [2.05, 4.69) is 45.3 Å². The third-order valence-corrected chi connectivity index (χ3v) is 4.39. The van der Waals surface area contributed by atoms with Crippen molar-refractivity contribution in [3.8, 4) is 0 Å². The highest BCUT2D eigenvalue weighted by atomic mass is 15.3. The Hall–Kier alpha value is -1.95. The van der Waals surface area contributed by atoms with Crippen LogP contribution in [0.4, 0.5) is 11.5 Å². The maximum atomic E-state index is 4.59. The van der Waals surface area contributed by atoms with Crippen molar-refractivity contribution < 1.29 is 0 Å². The van der Waals surface area contributed by atoms with E-state index in [0.29, 0.717) is 5.92 Å². The van der Waals surface area contributed by atoms with Gasteiger partial charge in [-0.3, -0.25) is 4.68 Å². The molecule has 0 saturated carbocycles. The Morgan fingerprint density at radius 1 is 1.12 bits per heavy atom. The molecule has 2 aromatic heterocycles. The third-order valence-electron chi connectivity index (χ3n) is 4.39. The van der Waals surface area contributed by atoms with E-state index < -0.39 is 0 Å². The molecule has 0 aromatic carbocycles. The predicted molar refractivity (Wildman–Crippen MR) is 96.7 cm³/mol. The number of hydrogen-bond donors (Lipinski definition) is 1. The average Bonchev–Trinajstić information content (AvgIpc) is 3.01. The van der Waals surface area contributed by atoms with E-state index in [-0.39, 0.29) is 0 Å². The molecule has 24 heavy (non-hydrogen) atoms. The molecule has 1 aliphatic rings. The number of nitrogens with zero attached hydrogens (tertiary/aromatic N) is 5. The highest BCUT2D eigenvalue weighted by molar-refractivity contribution is 5.54. The van der Waals surface area contributed by atoms with Gasteiger partial charge in [-0.15, -0.1) is 0 Å². The summed E-state index contributed by atoms with van der Waals surface area (Å²) in [6.07, 6.45) is 7.95. The van der Waals surface area contributed by atoms with E-state index in [1.165, 1.54) is 32.4 Å². The van der Waals surface area contributed by atoms with E-state index in [0.717, 1.165) is 36.1 Å². The van der Waals surface area contributed by atoms with Gasteiger partial charge in [-0.05, 0) is 32.9 Å². The molecule has 3 heterocycles. The van der Waals surface area contributed by atoms with Gasteiger partial charge in [0.15, 0.2) is 0 Å². The van der Waals surface area contributed by atoms with Crippen molar-refractivity contribution in [2.45, 2.75) is 52.5 Å². The van der Waals surface area contributed by atoms with E-state index in [1.54, 1.807) is 0 Å². The van der Waals surface area contributed by atoms with Crippen LogP contribution in [0, 0.1) is 6.92 Å². The zero-order valence-electron chi connectivity index (χ0n) is 15.0. The molecule has 3 rings (SSSR count). The van der Waals surface area contributed by atoms with Crippen LogP contribution >= 0.6 is 0 Å². The second kappa shape index (κ2) is 7.75. The Labute approximate surface area is 144 Å². The van der Waals surface area contributed by atoms with Gasteiger partial charge in [-0.25, -0.2) is 9.97 Å². The molecule has 0 radical (unpaired) electrons. The van der Waals surface area contributed by atoms with Crippen molar-refractivity contribution in [1.82, 2.24) is 24.6 Å². The molecule has 6 nitrogen and oxygen atoms in total. The van der Waals surface area contributed by atoms with Crippen molar-refractivity contribution in [2.75, 3.05) is 25.0 Å². The van der Waals surface area contributed by atoms with Crippen molar-refractivity contribution in [2.24, 2.45) is 0 Å². The molecule has 2 aromatic rings. The van der Waals surface area contributed by atoms with Gasteiger partial charge in [0.05, 0.1) is 18.4 Å². The lowest BCUT2D eigenvalue weighted by molar-refractivity contribution is 0.218. The number of aromatic nitrogens is 4. The summed E-state index contributed by atoms with van der Waals surface area (Å²) in [6.45, 7) is 10.7. The highest BCUT2D eigenvalue weighted by Gasteiger charge is 2.10. The molecule has 0 amide bonds. The summed E-state index contributed by atoms with van der Waals surface area (Å²) in [5.74, 6) is 2.02. The SMILES string of the molecule is Cc1cc(Nc2cnn(CCN3CCCCC3)c2)nc(C(C)C)n1. The monoisotopic (exact) mass is 328 g/mol. The Balaban J connectivity index is 1.59. The minimum Gasteiger partial charge on any atom is -0.338 e. The summed E-state index contributed by atoms with van der Waals surface area (Å²) >= 11 is 0. The highest BCUT2D eigenvalue weighted by Crippen LogP contribution is 2.18. The van der Waals surface area contributed by atoms with Gasteiger partial charge in [-0.2, -0.15) is 5.10 Å². The third kappa shape index (κ3) is 4.54. The Bertz CT molecular complexity index is 657. The zero-order chi connectivity index (χ0) is 16.9. The van der Waals surface area contributed by atoms with Crippen LogP contribution in [-0.4, -0.2) is 44.3 Å². The van der Waals surface area contributed by atoms with Crippen LogP contribution in [0.25, 0.3) is 0 Å². The second-order valence-electron chi connectivity index (χ2n) is 6.93. The van der Waals surface area contributed by atoms with Crippen LogP contribution in [0.5, 0.6) is 0 Å². The summed E-state index contributed by atoms with van der Waals surface area (Å²) in [6, 6.07) is 1.97. The smallest absolute Gasteiger partial charge is 0.134 e. The average molecular weight is 328 g/mol. The maximum absolute atomic E-state index is 4.59. The summed E-state index contributed by atoms with van der Waals surface area (Å²) < 4.78 is 2.01. The maximum Gasteiger partial charge on any atom is 0.134 e. The van der Waals surface area contributed by atoms with Gasteiger partial charge in [0, 0.05) is 30.4 Å². The largest absolute Gasteiger partial charge is 0.338 e. The summed E-state index contributed by atoms with van der Waals surface area (Å²) in [7, 11) is 0. The lowest BCUT2D eigenvalue weighted by Gasteiger charge is -2.26. The van der Waals surface area contributed by atoms with Crippen LogP contribution in [0.3, 0.4) is 0 Å². The summed E-state index contributed by atoms with van der Waals surface area (Å²) in [5.41, 5.74) is 1.95. The van der Waals surface area contributed by atoms with E-state index in [1.807, 2.05) is 23.9 Å². The topological polar surface area (TPSA) is 58.9 Å². The van der Waals surface area contributed by atoms with Gasteiger partial charge in [0.25, 0.3) is 0 Å². The normalized spacial score (nSPS) is 15.8. The number of nitrogens with one attached hydrogen (secondary N) is 1. The van der Waals surface area contributed by atoms with Crippen LogP contribution in [-0.2, 0) is 6.54 Å². The van der Waals surface area contributed by atoms with Crippen LogP contribution in [0.1, 0.15) is 50.5 Å². The molecular weight excluding hydrogens is 300 g/mol. The molecular formula is C18H28N6. The lowest BCUT2D eigenvalue weighted by atomic mass is 10.1. The zero-order valence-corrected chi connectivity index (χ0v) is 15.0. The number of hydrogen-bond acceptors (Lipinski definition) is 5. The number of likely N-dealkylation sites (tertiary alicyclic amines) is 1. The minimum atomic E-state index is 0.317. The van der Waals surface area contributed by atoms with E-state index in [4.69, 9.17) is 0 Å². The molecule has 130 valence electrons. The molecule has 0 unspecified atom stereocenters. The lowest BCUT2D eigenvalue weighted by Crippen LogP contribution is -2.32. The molecule has 1 aliphatic heterocycles. The molecule has 0 atom stereocenters. The number of aryl methyl sites for hydroxylation is 1. The Kier molecular flexibility index (Phi) is 5.45. The van der Waals surface area contributed by atoms with Crippen molar-refractivity contribution >= 4 is 11.5 Å². The number of piperidine rings is 1. The quantitative estimate of drug-likeness (QED) is 0.881. The molecule has 1 N–H and O–H groups in total. The van der Waals surface area contributed by atoms with Crippen molar-refractivity contribution in [3.05, 3.63) is 30.0 Å². The van der Waals surface area contributed by atoms with Gasteiger partial charge < -0.3 is 10.2 Å². The second-order valence-corrected chi connectivity index (χ2v) is 6.93. The molecule has 0 aliphatic carbocycles. The first-order chi connectivity index (χ1) is 11.6. The molecule has 0 bridgehead atoms. The van der Waals surface area contributed by atoms with E-state index in [9.17, 15) is 0 Å². The van der Waals surface area contributed by atoms with Crippen molar-refractivity contribution in [1.29, 1.82) is 0 Å². The predicted octanol–water partition coefficient (Wildman–Crippen LogP) is 3.33. The van der Waals surface area contributed by atoms with Crippen molar-refractivity contribution in [3.63, 3.8) is 0 Å². The number of rotatable bonds is 6. The molecule has 1 fully saturated rings. The van der Waals surface area contributed by atoms with Crippen LogP contribution < -0.4 is 5.32 Å². The first-order valence-corrected chi connectivity index (χ1v) is 8.97. The van der Waals surface area contributed by atoms with Gasteiger partial charge >= 0.3 is 0 Å². The molecule has 1 saturated heterocycles. The van der Waals surface area contributed by atoms with Gasteiger partial charge in [0.1, 0.15) is 11.6 Å². The van der Waals surface area contributed by atoms with Crippen LogP contribution in [0.2, 0.25) is 0 Å². The minimum absolute atomic E-state index is 0.317. The fourth-order valence-electron chi connectivity index (χ4n) is 3.04. The Morgan fingerprint density at radius 2 is 1.92 bits per heavy atom.